The Hall–Kier alpha value is -3.15. The fraction of sp³-hybridized carbons (Fsp3) is 0.167. The molecular formula is C18H18N2O4. The van der Waals surface area contributed by atoms with Crippen LogP contribution in [0.3, 0.4) is 0 Å². The van der Waals surface area contributed by atoms with Gasteiger partial charge in [-0.3, -0.25) is 14.4 Å². The lowest BCUT2D eigenvalue weighted by Crippen LogP contribution is -2.22. The number of anilines is 1. The maximum absolute atomic E-state index is 11.9. The van der Waals surface area contributed by atoms with Crippen molar-refractivity contribution in [2.45, 2.75) is 0 Å². The highest BCUT2D eigenvalue weighted by Gasteiger charge is 2.09. The van der Waals surface area contributed by atoms with E-state index in [0.717, 1.165) is 0 Å². The van der Waals surface area contributed by atoms with Crippen molar-refractivity contribution in [1.82, 2.24) is 4.90 Å². The molecule has 0 saturated heterocycles. The smallest absolute Gasteiger partial charge is 0.262 e. The van der Waals surface area contributed by atoms with Crippen LogP contribution in [0.5, 0.6) is 5.75 Å². The van der Waals surface area contributed by atoms with Crippen LogP contribution in [-0.2, 0) is 4.79 Å². The highest BCUT2D eigenvalue weighted by Crippen LogP contribution is 2.16. The zero-order chi connectivity index (χ0) is 17.5. The van der Waals surface area contributed by atoms with Gasteiger partial charge in [-0.2, -0.15) is 0 Å². The van der Waals surface area contributed by atoms with E-state index in [1.54, 1.807) is 62.6 Å². The normalized spacial score (nSPS) is 9.92. The minimum Gasteiger partial charge on any atom is -0.483 e. The minimum absolute atomic E-state index is 0.110. The molecule has 1 N–H and O–H groups in total. The van der Waals surface area contributed by atoms with Crippen molar-refractivity contribution >= 4 is 23.8 Å². The summed E-state index contributed by atoms with van der Waals surface area (Å²) in [4.78, 5) is 36.1. The maximum atomic E-state index is 11.9. The van der Waals surface area contributed by atoms with Gasteiger partial charge in [0.2, 0.25) is 0 Å². The topological polar surface area (TPSA) is 75.7 Å². The van der Waals surface area contributed by atoms with E-state index in [1.807, 2.05) is 0 Å². The average molecular weight is 326 g/mol. The van der Waals surface area contributed by atoms with E-state index in [-0.39, 0.29) is 18.4 Å². The molecule has 0 aromatic heterocycles. The average Bonchev–Trinajstić information content (AvgIpc) is 2.60. The Balaban J connectivity index is 1.93. The number of nitrogens with one attached hydrogen (secondary N) is 1. The fourth-order valence-corrected chi connectivity index (χ4v) is 2.00. The molecule has 2 aromatic carbocycles. The van der Waals surface area contributed by atoms with Gasteiger partial charge in [-0.1, -0.05) is 12.1 Å². The summed E-state index contributed by atoms with van der Waals surface area (Å²) in [6.07, 6.45) is 0.674. The predicted molar refractivity (Wildman–Crippen MR) is 90.4 cm³/mol. The molecule has 0 fully saturated rings. The van der Waals surface area contributed by atoms with Gasteiger partial charge >= 0.3 is 0 Å². The molecule has 0 heterocycles. The largest absolute Gasteiger partial charge is 0.483 e. The number of benzene rings is 2. The molecule has 0 aliphatic rings. The summed E-state index contributed by atoms with van der Waals surface area (Å²) in [6, 6.07) is 13.2. The van der Waals surface area contributed by atoms with E-state index in [1.165, 1.54) is 4.90 Å². The Morgan fingerprint density at radius 3 is 2.38 bits per heavy atom. The van der Waals surface area contributed by atoms with Crippen molar-refractivity contribution in [2.24, 2.45) is 0 Å². The first-order valence-electron chi connectivity index (χ1n) is 7.30. The van der Waals surface area contributed by atoms with E-state index >= 15 is 0 Å². The summed E-state index contributed by atoms with van der Waals surface area (Å²) in [5.74, 6) is -0.112. The second kappa shape index (κ2) is 7.92. The highest BCUT2D eigenvalue weighted by atomic mass is 16.5. The number of carbonyl (C=O) groups is 3. The summed E-state index contributed by atoms with van der Waals surface area (Å²) >= 11 is 0. The van der Waals surface area contributed by atoms with Crippen molar-refractivity contribution in [3.8, 4) is 5.75 Å². The Bertz CT molecular complexity index is 739. The Labute approximate surface area is 140 Å². The molecule has 6 nitrogen and oxygen atoms in total. The van der Waals surface area contributed by atoms with Crippen molar-refractivity contribution in [3.63, 3.8) is 0 Å². The number of hydrogen-bond donors (Lipinski definition) is 1. The molecule has 0 spiro atoms. The number of amides is 2. The van der Waals surface area contributed by atoms with Gasteiger partial charge in [0.25, 0.3) is 11.8 Å². The fourth-order valence-electron chi connectivity index (χ4n) is 2.00. The number of carbonyl (C=O) groups excluding carboxylic acids is 3. The first-order valence-corrected chi connectivity index (χ1v) is 7.30. The van der Waals surface area contributed by atoms with Gasteiger partial charge in [-0.25, -0.2) is 0 Å². The third kappa shape index (κ3) is 4.42. The van der Waals surface area contributed by atoms with Crippen LogP contribution in [-0.4, -0.2) is 43.7 Å². The van der Waals surface area contributed by atoms with Crippen LogP contribution in [0, 0.1) is 0 Å². The third-order valence-electron chi connectivity index (χ3n) is 3.23. The SMILES string of the molecule is CN(C)C(=O)c1ccc(NC(=O)COc2ccccc2C=O)cc1. The predicted octanol–water partition coefficient (Wildman–Crippen LogP) is 2.22. The number of ether oxygens (including phenoxy) is 1. The zero-order valence-electron chi connectivity index (χ0n) is 13.5. The van der Waals surface area contributed by atoms with Gasteiger partial charge in [0.1, 0.15) is 5.75 Å². The summed E-state index contributed by atoms with van der Waals surface area (Å²) < 4.78 is 5.35. The minimum atomic E-state index is -0.359. The molecule has 0 atom stereocenters. The van der Waals surface area contributed by atoms with Crippen molar-refractivity contribution < 1.29 is 19.1 Å². The summed E-state index contributed by atoms with van der Waals surface area (Å²) in [6.45, 7) is -0.219. The van der Waals surface area contributed by atoms with Gasteiger partial charge < -0.3 is 15.0 Å². The summed E-state index contributed by atoms with van der Waals surface area (Å²) in [7, 11) is 3.35. The van der Waals surface area contributed by atoms with Crippen LogP contribution in [0.15, 0.2) is 48.5 Å². The van der Waals surface area contributed by atoms with Crippen LogP contribution in [0.4, 0.5) is 5.69 Å². The first-order chi connectivity index (χ1) is 11.5. The van der Waals surface area contributed by atoms with Crippen molar-refractivity contribution in [1.29, 1.82) is 0 Å². The maximum Gasteiger partial charge on any atom is 0.262 e. The second-order valence-electron chi connectivity index (χ2n) is 5.27. The van der Waals surface area contributed by atoms with E-state index in [0.29, 0.717) is 28.8 Å². The zero-order valence-corrected chi connectivity index (χ0v) is 13.5. The van der Waals surface area contributed by atoms with Crippen LogP contribution >= 0.6 is 0 Å². The molecule has 0 radical (unpaired) electrons. The number of hydrogen-bond acceptors (Lipinski definition) is 4. The Morgan fingerprint density at radius 1 is 1.08 bits per heavy atom. The lowest BCUT2D eigenvalue weighted by molar-refractivity contribution is -0.118. The van der Waals surface area contributed by atoms with Gasteiger partial charge in [-0.05, 0) is 36.4 Å². The Morgan fingerprint density at radius 2 is 1.75 bits per heavy atom. The van der Waals surface area contributed by atoms with Crippen LogP contribution < -0.4 is 10.1 Å². The molecule has 0 aliphatic heterocycles. The van der Waals surface area contributed by atoms with Gasteiger partial charge in [0.05, 0.1) is 5.56 Å². The highest BCUT2D eigenvalue weighted by molar-refractivity contribution is 5.95. The summed E-state index contributed by atoms with van der Waals surface area (Å²) in [5.41, 5.74) is 1.48. The van der Waals surface area contributed by atoms with Crippen molar-refractivity contribution in [3.05, 3.63) is 59.7 Å². The molecule has 24 heavy (non-hydrogen) atoms. The molecule has 0 unspecified atom stereocenters. The monoisotopic (exact) mass is 326 g/mol. The van der Waals surface area contributed by atoms with Crippen molar-refractivity contribution in [2.75, 3.05) is 26.0 Å². The van der Waals surface area contributed by atoms with E-state index in [4.69, 9.17) is 4.74 Å². The molecule has 2 amide bonds. The standard InChI is InChI=1S/C18H18N2O4/c1-20(2)18(23)13-7-9-15(10-8-13)19-17(22)12-24-16-6-4-3-5-14(16)11-21/h3-11H,12H2,1-2H3,(H,19,22). The number of aldehydes is 1. The number of para-hydroxylation sites is 1. The first kappa shape index (κ1) is 17.2. The second-order valence-corrected chi connectivity index (χ2v) is 5.27. The number of nitrogens with zero attached hydrogens (tertiary/aromatic N) is 1. The molecule has 0 aliphatic carbocycles. The van der Waals surface area contributed by atoms with E-state index < -0.39 is 0 Å². The lowest BCUT2D eigenvalue weighted by Gasteiger charge is -2.11. The third-order valence-corrected chi connectivity index (χ3v) is 3.23. The molecule has 0 bridgehead atoms. The van der Waals surface area contributed by atoms with E-state index in [9.17, 15) is 14.4 Å². The van der Waals surface area contributed by atoms with E-state index in [2.05, 4.69) is 5.32 Å². The molecule has 2 aromatic rings. The van der Waals surface area contributed by atoms with Crippen LogP contribution in [0.2, 0.25) is 0 Å². The Kier molecular flexibility index (Phi) is 5.68. The van der Waals surface area contributed by atoms with Crippen LogP contribution in [0.25, 0.3) is 0 Å². The van der Waals surface area contributed by atoms with Gasteiger partial charge in [-0.15, -0.1) is 0 Å². The molecule has 2 rings (SSSR count). The summed E-state index contributed by atoms with van der Waals surface area (Å²) in [5, 5.41) is 2.67. The van der Waals surface area contributed by atoms with Crippen LogP contribution in [0.1, 0.15) is 20.7 Å². The van der Waals surface area contributed by atoms with Gasteiger partial charge in [0.15, 0.2) is 12.9 Å². The number of rotatable bonds is 6. The molecular weight excluding hydrogens is 308 g/mol. The molecule has 0 saturated carbocycles. The molecule has 124 valence electrons. The van der Waals surface area contributed by atoms with Gasteiger partial charge in [0, 0.05) is 25.3 Å². The molecule has 6 heteroatoms. The lowest BCUT2D eigenvalue weighted by atomic mass is 10.2. The quantitative estimate of drug-likeness (QED) is 0.826.